The van der Waals surface area contributed by atoms with Gasteiger partial charge in [0.25, 0.3) is 0 Å². The molecule has 0 atom stereocenters. The summed E-state index contributed by atoms with van der Waals surface area (Å²) < 4.78 is 10.7. The number of methoxy groups -OCH3 is 2. The van der Waals surface area contributed by atoms with E-state index in [9.17, 15) is 10.2 Å². The molecule has 1 aliphatic heterocycles. The van der Waals surface area contributed by atoms with Crippen LogP contribution in [-0.2, 0) is 25.9 Å². The zero-order valence-electron chi connectivity index (χ0n) is 18.6. The summed E-state index contributed by atoms with van der Waals surface area (Å²) in [6.07, 6.45) is 1.81. The first kappa shape index (κ1) is 22.2. The van der Waals surface area contributed by atoms with Gasteiger partial charge in [-0.2, -0.15) is 0 Å². The van der Waals surface area contributed by atoms with Gasteiger partial charge in [-0.1, -0.05) is 26.0 Å². The maximum atomic E-state index is 10.5. The highest BCUT2D eigenvalue weighted by atomic mass is 16.5. The Hall–Kier alpha value is -2.44. The first-order valence-corrected chi connectivity index (χ1v) is 10.7. The van der Waals surface area contributed by atoms with Crippen molar-refractivity contribution in [2.24, 2.45) is 0 Å². The Morgan fingerprint density at radius 3 is 1.37 bits per heavy atom. The summed E-state index contributed by atoms with van der Waals surface area (Å²) in [7, 11) is 3.18. The van der Waals surface area contributed by atoms with E-state index < -0.39 is 0 Å². The number of aromatic hydroxyl groups is 2. The smallest absolute Gasteiger partial charge is 0.162 e. The normalized spacial score (nSPS) is 15.3. The number of hydrogen-bond acceptors (Lipinski definition) is 6. The highest BCUT2D eigenvalue weighted by Crippen LogP contribution is 2.34. The van der Waals surface area contributed by atoms with Crippen molar-refractivity contribution in [1.29, 1.82) is 0 Å². The Balaban J connectivity index is 1.64. The summed E-state index contributed by atoms with van der Waals surface area (Å²) in [6.45, 7) is 9.24. The lowest BCUT2D eigenvalue weighted by atomic mass is 10.0. The van der Waals surface area contributed by atoms with Gasteiger partial charge in [0.2, 0.25) is 0 Å². The van der Waals surface area contributed by atoms with Crippen LogP contribution in [0.25, 0.3) is 0 Å². The van der Waals surface area contributed by atoms with E-state index in [0.717, 1.165) is 50.1 Å². The number of phenols is 2. The standard InChI is InChI=1S/C24H34N2O4/c1-5-17-11-19(23(27)21(13-17)29-3)15-25-7-9-26(10-8-25)16-20-12-18(6-2)14-22(30-4)24(20)28/h11-14,27-28H,5-10,15-16H2,1-4H3. The van der Waals surface area contributed by atoms with Gasteiger partial charge in [0.05, 0.1) is 14.2 Å². The predicted octanol–water partition coefficient (Wildman–Crippen LogP) is 3.56. The molecule has 1 saturated heterocycles. The first-order valence-electron chi connectivity index (χ1n) is 10.7. The quantitative estimate of drug-likeness (QED) is 0.689. The number of hydrogen-bond donors (Lipinski definition) is 2. The van der Waals surface area contributed by atoms with E-state index >= 15 is 0 Å². The number of rotatable bonds is 8. The lowest BCUT2D eigenvalue weighted by Crippen LogP contribution is -2.45. The molecular formula is C24H34N2O4. The Morgan fingerprint density at radius 2 is 1.07 bits per heavy atom. The fourth-order valence-electron chi connectivity index (χ4n) is 4.01. The third kappa shape index (κ3) is 4.99. The number of ether oxygens (including phenoxy) is 2. The molecule has 0 saturated carbocycles. The third-order valence-electron chi connectivity index (χ3n) is 5.94. The molecule has 164 valence electrons. The van der Waals surface area contributed by atoms with Gasteiger partial charge >= 0.3 is 0 Å². The minimum absolute atomic E-state index is 0.241. The van der Waals surface area contributed by atoms with Crippen LogP contribution < -0.4 is 9.47 Å². The number of aryl methyl sites for hydroxylation is 2. The molecule has 6 heteroatoms. The number of piperazine rings is 1. The van der Waals surface area contributed by atoms with Crippen LogP contribution in [0.3, 0.4) is 0 Å². The van der Waals surface area contributed by atoms with Gasteiger partial charge < -0.3 is 19.7 Å². The lowest BCUT2D eigenvalue weighted by molar-refractivity contribution is 0.120. The lowest BCUT2D eigenvalue weighted by Gasteiger charge is -2.35. The van der Waals surface area contributed by atoms with Gasteiger partial charge in [-0.3, -0.25) is 9.80 Å². The predicted molar refractivity (Wildman–Crippen MR) is 119 cm³/mol. The van der Waals surface area contributed by atoms with E-state index in [4.69, 9.17) is 9.47 Å². The fourth-order valence-corrected chi connectivity index (χ4v) is 4.01. The van der Waals surface area contributed by atoms with Crippen molar-refractivity contribution in [3.63, 3.8) is 0 Å². The molecule has 0 aromatic heterocycles. The molecule has 0 aliphatic carbocycles. The molecule has 30 heavy (non-hydrogen) atoms. The van der Waals surface area contributed by atoms with Crippen molar-refractivity contribution in [3.05, 3.63) is 46.5 Å². The zero-order valence-corrected chi connectivity index (χ0v) is 18.6. The minimum Gasteiger partial charge on any atom is -0.504 e. The zero-order chi connectivity index (χ0) is 21.7. The van der Waals surface area contributed by atoms with Gasteiger partial charge in [-0.15, -0.1) is 0 Å². The van der Waals surface area contributed by atoms with Crippen LogP contribution in [0.4, 0.5) is 0 Å². The van der Waals surface area contributed by atoms with Gasteiger partial charge in [0, 0.05) is 50.4 Å². The van der Waals surface area contributed by atoms with E-state index in [1.54, 1.807) is 14.2 Å². The van der Waals surface area contributed by atoms with Crippen LogP contribution in [0, 0.1) is 0 Å². The molecule has 0 radical (unpaired) electrons. The summed E-state index contributed by atoms with van der Waals surface area (Å²) in [5.74, 6) is 1.57. The Morgan fingerprint density at radius 1 is 0.700 bits per heavy atom. The molecule has 6 nitrogen and oxygen atoms in total. The van der Waals surface area contributed by atoms with Crippen LogP contribution in [-0.4, -0.2) is 60.4 Å². The van der Waals surface area contributed by atoms with Crippen LogP contribution in [0.1, 0.15) is 36.1 Å². The van der Waals surface area contributed by atoms with E-state index in [2.05, 4.69) is 35.8 Å². The molecule has 1 fully saturated rings. The third-order valence-corrected chi connectivity index (χ3v) is 5.94. The summed E-state index contributed by atoms with van der Waals surface area (Å²) in [6, 6.07) is 7.96. The van der Waals surface area contributed by atoms with Crippen molar-refractivity contribution < 1.29 is 19.7 Å². The largest absolute Gasteiger partial charge is 0.504 e. The SMILES string of the molecule is CCc1cc(CN2CCN(Cc3cc(CC)cc(OC)c3O)CC2)c(O)c(OC)c1. The van der Waals surface area contributed by atoms with Crippen molar-refractivity contribution in [1.82, 2.24) is 9.80 Å². The molecule has 3 rings (SSSR count). The molecule has 1 heterocycles. The van der Waals surface area contributed by atoms with Crippen LogP contribution >= 0.6 is 0 Å². The first-order chi connectivity index (χ1) is 14.5. The summed E-state index contributed by atoms with van der Waals surface area (Å²) in [4.78, 5) is 4.71. The maximum Gasteiger partial charge on any atom is 0.162 e. The highest BCUT2D eigenvalue weighted by molar-refractivity contribution is 5.49. The van der Waals surface area contributed by atoms with E-state index in [1.807, 2.05) is 12.1 Å². The highest BCUT2D eigenvalue weighted by Gasteiger charge is 2.21. The Labute approximate surface area is 179 Å². The monoisotopic (exact) mass is 414 g/mol. The molecule has 0 amide bonds. The second-order valence-electron chi connectivity index (χ2n) is 7.87. The molecular weight excluding hydrogens is 380 g/mol. The van der Waals surface area contributed by atoms with E-state index in [1.165, 1.54) is 11.1 Å². The van der Waals surface area contributed by atoms with Gasteiger partial charge in [-0.25, -0.2) is 0 Å². The van der Waals surface area contributed by atoms with Crippen molar-refractivity contribution in [2.45, 2.75) is 39.8 Å². The average Bonchev–Trinajstić information content (AvgIpc) is 2.77. The van der Waals surface area contributed by atoms with Crippen LogP contribution in [0.2, 0.25) is 0 Å². The number of nitrogens with zero attached hydrogens (tertiary/aromatic N) is 2. The maximum absolute atomic E-state index is 10.5. The van der Waals surface area contributed by atoms with Crippen molar-refractivity contribution in [3.8, 4) is 23.0 Å². The second-order valence-corrected chi connectivity index (χ2v) is 7.87. The fraction of sp³-hybridized carbons (Fsp3) is 0.500. The average molecular weight is 415 g/mol. The van der Waals surface area contributed by atoms with Gasteiger partial charge in [-0.05, 0) is 36.1 Å². The van der Waals surface area contributed by atoms with Crippen molar-refractivity contribution in [2.75, 3.05) is 40.4 Å². The topological polar surface area (TPSA) is 65.4 Å². The number of benzene rings is 2. The molecule has 0 spiro atoms. The second kappa shape index (κ2) is 10.0. The minimum atomic E-state index is 0.241. The van der Waals surface area contributed by atoms with E-state index in [0.29, 0.717) is 24.6 Å². The molecule has 2 aromatic carbocycles. The molecule has 0 bridgehead atoms. The van der Waals surface area contributed by atoms with E-state index in [-0.39, 0.29) is 11.5 Å². The number of phenolic OH excluding ortho intramolecular Hbond substituents is 2. The Bertz CT molecular complexity index is 789. The summed E-state index contributed by atoms with van der Waals surface area (Å²) in [5, 5.41) is 21.0. The van der Waals surface area contributed by atoms with Gasteiger partial charge in [0.15, 0.2) is 23.0 Å². The molecule has 2 N–H and O–H groups in total. The molecule has 2 aromatic rings. The Kier molecular flexibility index (Phi) is 7.45. The molecule has 0 unspecified atom stereocenters. The van der Waals surface area contributed by atoms with Crippen molar-refractivity contribution >= 4 is 0 Å². The summed E-state index contributed by atoms with van der Waals surface area (Å²) in [5.41, 5.74) is 4.16. The van der Waals surface area contributed by atoms with Crippen LogP contribution in [0.15, 0.2) is 24.3 Å². The van der Waals surface area contributed by atoms with Crippen LogP contribution in [0.5, 0.6) is 23.0 Å². The summed E-state index contributed by atoms with van der Waals surface area (Å²) >= 11 is 0. The molecule has 1 aliphatic rings. The van der Waals surface area contributed by atoms with Gasteiger partial charge in [0.1, 0.15) is 0 Å².